The molecule has 6 rings (SSSR count). The summed E-state index contributed by atoms with van der Waals surface area (Å²) in [6.07, 6.45) is 9.07. The number of quaternary nitrogens is 1. The van der Waals surface area contributed by atoms with Crippen LogP contribution in [0.15, 0.2) is 151 Å². The summed E-state index contributed by atoms with van der Waals surface area (Å²) in [5, 5.41) is 18.7. The van der Waals surface area contributed by atoms with Crippen LogP contribution >= 0.6 is 0 Å². The molecule has 0 saturated carbocycles. The quantitative estimate of drug-likeness (QED) is 0.0482. The van der Waals surface area contributed by atoms with E-state index in [2.05, 4.69) is 95.9 Å². The molecule has 0 unspecified atom stereocenters. The Morgan fingerprint density at radius 1 is 0.750 bits per heavy atom. The Balaban J connectivity index is 1.21. The van der Waals surface area contributed by atoms with Gasteiger partial charge in [-0.15, -0.1) is 0 Å². The van der Waals surface area contributed by atoms with Crippen LogP contribution in [-0.2, 0) is 16.0 Å². The van der Waals surface area contributed by atoms with Crippen molar-refractivity contribution in [2.45, 2.75) is 12.8 Å². The molecular weight excluding hydrogens is 594 g/mol. The number of carbonyl (C=O) groups is 2. The van der Waals surface area contributed by atoms with Gasteiger partial charge in [0.05, 0.1) is 0 Å². The van der Waals surface area contributed by atoms with Crippen molar-refractivity contribution in [1.29, 1.82) is 5.41 Å². The van der Waals surface area contributed by atoms with Crippen LogP contribution < -0.4 is 10.2 Å². The summed E-state index contributed by atoms with van der Waals surface area (Å²) in [7, 11) is 0. The number of carbonyl (C=O) groups excluding carboxylic acids is 1. The molecule has 5 aromatic rings. The van der Waals surface area contributed by atoms with Crippen molar-refractivity contribution in [2.75, 3.05) is 11.4 Å². The first-order valence-electron chi connectivity index (χ1n) is 15.9. The van der Waals surface area contributed by atoms with Crippen molar-refractivity contribution in [3.8, 4) is 0 Å². The number of nitrogens with one attached hydrogen (secondary N) is 1. The first-order valence-corrected chi connectivity index (χ1v) is 15.9. The Bertz CT molecular complexity index is 1970. The largest absolute Gasteiger partial charge is 0.477 e. The number of primary amides is 1. The van der Waals surface area contributed by atoms with Crippen molar-refractivity contribution in [2.24, 2.45) is 0 Å². The number of aryl methyl sites for hydroxylation is 1. The third-order valence-electron chi connectivity index (χ3n) is 8.31. The van der Waals surface area contributed by atoms with Gasteiger partial charge in [0.1, 0.15) is 11.3 Å². The Kier molecular flexibility index (Phi) is 9.95. The number of nitrogens with zero attached hydrogens (tertiary/aromatic N) is 1. The molecule has 1 aliphatic rings. The van der Waals surface area contributed by atoms with Crippen LogP contribution in [0, 0.1) is 5.41 Å². The van der Waals surface area contributed by atoms with Crippen molar-refractivity contribution >= 4 is 52.4 Å². The second-order valence-electron chi connectivity index (χ2n) is 11.6. The predicted octanol–water partition coefficient (Wildman–Crippen LogP) is 7.83. The summed E-state index contributed by atoms with van der Waals surface area (Å²) in [5.41, 5.74) is 8.82. The van der Waals surface area contributed by atoms with E-state index in [4.69, 9.17) is 5.41 Å². The number of fused-ring (bicyclic) bond motifs is 1. The Hall–Kier alpha value is -6.11. The lowest BCUT2D eigenvalue weighted by Gasteiger charge is -2.31. The van der Waals surface area contributed by atoms with Gasteiger partial charge in [-0.1, -0.05) is 109 Å². The van der Waals surface area contributed by atoms with Gasteiger partial charge in [0.2, 0.25) is 0 Å². The molecule has 0 bridgehead atoms. The van der Waals surface area contributed by atoms with E-state index in [-0.39, 0.29) is 5.57 Å². The van der Waals surface area contributed by atoms with E-state index in [0.29, 0.717) is 5.69 Å². The molecule has 236 valence electrons. The molecule has 1 heterocycles. The molecule has 1 amide bonds. The van der Waals surface area contributed by atoms with Crippen molar-refractivity contribution in [3.05, 3.63) is 179 Å². The maximum Gasteiger partial charge on any atom is 0.354 e. The highest BCUT2D eigenvalue weighted by Gasteiger charge is 2.24. The maximum atomic E-state index is 12.9. The molecule has 0 atom stereocenters. The summed E-state index contributed by atoms with van der Waals surface area (Å²) in [6, 6.07) is 44.8. The number of para-hydroxylation sites is 1. The number of aliphatic carboxylic acids is 1. The Labute approximate surface area is 280 Å². The number of hydrogen-bond acceptors (Lipinski definition) is 4. The molecular formula is C42H36N3O3+. The summed E-state index contributed by atoms with van der Waals surface area (Å²) < 4.78 is 0. The minimum atomic E-state index is -1.45. The molecule has 5 aromatic carbocycles. The number of anilines is 2. The molecule has 0 aromatic heterocycles. The lowest BCUT2D eigenvalue weighted by Crippen LogP contribution is -2.83. The zero-order valence-corrected chi connectivity index (χ0v) is 26.4. The van der Waals surface area contributed by atoms with Crippen LogP contribution in [0.1, 0.15) is 34.2 Å². The van der Waals surface area contributed by atoms with Gasteiger partial charge in [0, 0.05) is 17.9 Å². The van der Waals surface area contributed by atoms with Gasteiger partial charge < -0.3 is 10.0 Å². The highest BCUT2D eigenvalue weighted by Crippen LogP contribution is 2.35. The highest BCUT2D eigenvalue weighted by atomic mass is 16.4. The van der Waals surface area contributed by atoms with Gasteiger partial charge in [-0.25, -0.2) is 14.9 Å². The van der Waals surface area contributed by atoms with Gasteiger partial charge in [-0.2, -0.15) is 0 Å². The van der Waals surface area contributed by atoms with Crippen LogP contribution in [-0.4, -0.2) is 29.2 Å². The predicted molar refractivity (Wildman–Crippen MR) is 194 cm³/mol. The fraction of sp³-hybridized carbons (Fsp3) is 0.0714. The molecule has 0 fully saturated rings. The second kappa shape index (κ2) is 15.0. The van der Waals surface area contributed by atoms with E-state index in [9.17, 15) is 14.7 Å². The first-order chi connectivity index (χ1) is 23.5. The molecule has 48 heavy (non-hydrogen) atoms. The molecule has 6 heteroatoms. The smallest absolute Gasteiger partial charge is 0.354 e. The first kappa shape index (κ1) is 31.9. The summed E-state index contributed by atoms with van der Waals surface area (Å²) >= 11 is 0. The third kappa shape index (κ3) is 7.64. The molecule has 4 N–H and O–H groups in total. The van der Waals surface area contributed by atoms with E-state index in [0.717, 1.165) is 41.9 Å². The number of amides is 1. The summed E-state index contributed by atoms with van der Waals surface area (Å²) in [6.45, 7) is 0.917. The average molecular weight is 631 g/mol. The monoisotopic (exact) mass is 630 g/mol. The van der Waals surface area contributed by atoms with E-state index >= 15 is 0 Å². The standard InChI is InChI=1S/C42H35N3O3/c43-40(42(47)48)37(41(46)44-35-18-8-3-9-19-35)20-10-12-30-23-26-39-34(28-30)17-11-27-45(39)36-24-21-31(22-25-36)29-38(32-13-4-1-5-14-32)33-15-6-2-7-16-33/h1-10,12-16,18-26,28-29,43H,11,17,27H2,(H,44,46)(H,47,48)/p+1/b12-10+,37-20-,43-40?. The van der Waals surface area contributed by atoms with Gasteiger partial charge >= 0.3 is 11.9 Å². The maximum absolute atomic E-state index is 12.9. The number of hydrogen-bond donors (Lipinski definition) is 3. The van der Waals surface area contributed by atoms with Crippen LogP contribution in [0.2, 0.25) is 0 Å². The number of benzene rings is 5. The normalized spacial score (nSPS) is 12.8. The van der Waals surface area contributed by atoms with E-state index in [1.54, 1.807) is 30.3 Å². The SMILES string of the molecule is N=C(C(=O)O)/C(=C/C=C/c1ccc2c(c1)CCCN2c1ccc(C=C(c2ccccc2)c2ccccc2)cc1)C(=O)[NH2+]c1ccccc1. The molecule has 1 aliphatic heterocycles. The fourth-order valence-corrected chi connectivity index (χ4v) is 5.91. The van der Waals surface area contributed by atoms with Crippen LogP contribution in [0.3, 0.4) is 0 Å². The van der Waals surface area contributed by atoms with Gasteiger partial charge in [-0.3, -0.25) is 5.41 Å². The van der Waals surface area contributed by atoms with E-state index in [1.165, 1.54) is 33.7 Å². The van der Waals surface area contributed by atoms with E-state index < -0.39 is 17.6 Å². The zero-order chi connectivity index (χ0) is 33.3. The molecule has 0 aliphatic carbocycles. The lowest BCUT2D eigenvalue weighted by atomic mass is 9.95. The topological polar surface area (TPSA) is 98.1 Å². The van der Waals surface area contributed by atoms with Gasteiger partial charge in [0.25, 0.3) is 0 Å². The Morgan fingerprint density at radius 2 is 1.35 bits per heavy atom. The lowest BCUT2D eigenvalue weighted by molar-refractivity contribution is -0.478. The average Bonchev–Trinajstić information content (AvgIpc) is 3.13. The Morgan fingerprint density at radius 3 is 1.98 bits per heavy atom. The number of carboxylic acids is 1. The molecule has 0 radical (unpaired) electrons. The number of rotatable bonds is 10. The van der Waals surface area contributed by atoms with Crippen LogP contribution in [0.4, 0.5) is 17.1 Å². The molecule has 0 saturated heterocycles. The highest BCUT2D eigenvalue weighted by molar-refractivity contribution is 6.47. The van der Waals surface area contributed by atoms with Crippen LogP contribution in [0.25, 0.3) is 17.7 Å². The summed E-state index contributed by atoms with van der Waals surface area (Å²) in [4.78, 5) is 26.8. The second-order valence-corrected chi connectivity index (χ2v) is 11.6. The van der Waals surface area contributed by atoms with Crippen LogP contribution in [0.5, 0.6) is 0 Å². The summed E-state index contributed by atoms with van der Waals surface area (Å²) in [5.74, 6) is -1.98. The minimum absolute atomic E-state index is 0.176. The number of allylic oxidation sites excluding steroid dienone is 2. The van der Waals surface area contributed by atoms with Crippen molar-refractivity contribution < 1.29 is 20.0 Å². The van der Waals surface area contributed by atoms with Crippen molar-refractivity contribution in [1.82, 2.24) is 0 Å². The zero-order valence-electron chi connectivity index (χ0n) is 26.4. The third-order valence-corrected chi connectivity index (χ3v) is 8.31. The minimum Gasteiger partial charge on any atom is -0.477 e. The molecule has 6 nitrogen and oxygen atoms in total. The van der Waals surface area contributed by atoms with E-state index in [1.807, 2.05) is 30.3 Å². The van der Waals surface area contributed by atoms with Gasteiger partial charge in [-0.05, 0) is 94.8 Å². The van der Waals surface area contributed by atoms with Gasteiger partial charge in [0.15, 0.2) is 5.71 Å². The molecule has 0 spiro atoms. The number of carboxylic acid groups (broad SMARTS) is 1. The van der Waals surface area contributed by atoms with Crippen molar-refractivity contribution in [3.63, 3.8) is 0 Å². The number of nitrogens with two attached hydrogens (primary N) is 1. The fourth-order valence-electron chi connectivity index (χ4n) is 5.91.